The van der Waals surface area contributed by atoms with Gasteiger partial charge < -0.3 is 20.7 Å². The minimum Gasteiger partial charge on any atom is -0.378 e. The van der Waals surface area contributed by atoms with Gasteiger partial charge in [-0.3, -0.25) is 4.79 Å². The number of aryl methyl sites for hydroxylation is 1. The fourth-order valence-electron chi connectivity index (χ4n) is 2.73. The summed E-state index contributed by atoms with van der Waals surface area (Å²) in [5.41, 5.74) is 8.92. The van der Waals surface area contributed by atoms with Crippen LogP contribution < -0.4 is 16.0 Å². The molecule has 0 radical (unpaired) electrons. The molecular weight excluding hydrogens is 387 g/mol. The van der Waals surface area contributed by atoms with E-state index in [0.29, 0.717) is 6.54 Å². The van der Waals surface area contributed by atoms with E-state index in [9.17, 15) is 4.79 Å². The Balaban J connectivity index is 0.00000182. The highest BCUT2D eigenvalue weighted by atomic mass is 35.5. The molecule has 2 aromatic rings. The topological polar surface area (TPSA) is 80.5 Å². The molecule has 1 fully saturated rings. The molecular formula is C19H26Cl2N4O2. The van der Waals surface area contributed by atoms with Gasteiger partial charge in [-0.05, 0) is 24.1 Å². The first-order chi connectivity index (χ1) is 12.1. The number of rotatable bonds is 5. The number of amides is 1. The van der Waals surface area contributed by atoms with E-state index in [1.165, 1.54) is 0 Å². The van der Waals surface area contributed by atoms with Gasteiger partial charge >= 0.3 is 0 Å². The number of nitrogens with two attached hydrogens (primary N) is 1. The van der Waals surface area contributed by atoms with E-state index in [1.807, 2.05) is 43.3 Å². The third-order valence-corrected chi connectivity index (χ3v) is 4.33. The zero-order valence-corrected chi connectivity index (χ0v) is 16.9. The molecule has 3 N–H and O–H groups in total. The Morgan fingerprint density at radius 2 is 1.85 bits per heavy atom. The Morgan fingerprint density at radius 3 is 2.44 bits per heavy atom. The molecule has 148 valence electrons. The lowest BCUT2D eigenvalue weighted by Gasteiger charge is -2.27. The molecule has 1 aromatic carbocycles. The number of hydrogen-bond donors (Lipinski definition) is 2. The quantitative estimate of drug-likeness (QED) is 0.787. The molecule has 1 aromatic heterocycles. The van der Waals surface area contributed by atoms with E-state index in [0.717, 1.165) is 48.8 Å². The number of pyridine rings is 1. The second-order valence-corrected chi connectivity index (χ2v) is 6.23. The first-order valence-electron chi connectivity index (χ1n) is 8.51. The predicted molar refractivity (Wildman–Crippen MR) is 112 cm³/mol. The molecule has 6 nitrogen and oxygen atoms in total. The summed E-state index contributed by atoms with van der Waals surface area (Å²) in [4.78, 5) is 18.9. The first kappa shape index (κ1) is 23.2. The van der Waals surface area contributed by atoms with Gasteiger partial charge in [0.2, 0.25) is 5.91 Å². The summed E-state index contributed by atoms with van der Waals surface area (Å²) in [5.74, 6) is 0.746. The van der Waals surface area contributed by atoms with Crippen molar-refractivity contribution in [1.82, 2.24) is 10.3 Å². The highest BCUT2D eigenvalue weighted by Crippen LogP contribution is 2.14. The van der Waals surface area contributed by atoms with Crippen LogP contribution in [0.4, 0.5) is 5.82 Å². The zero-order chi connectivity index (χ0) is 17.6. The maximum absolute atomic E-state index is 12.2. The molecule has 27 heavy (non-hydrogen) atoms. The van der Waals surface area contributed by atoms with Crippen LogP contribution in [0.25, 0.3) is 0 Å². The summed E-state index contributed by atoms with van der Waals surface area (Å²) in [6.07, 6.45) is 1.79. The van der Waals surface area contributed by atoms with Gasteiger partial charge in [0, 0.05) is 25.8 Å². The Kier molecular flexibility index (Phi) is 9.52. The van der Waals surface area contributed by atoms with Crippen molar-refractivity contribution in [2.45, 2.75) is 19.5 Å². The van der Waals surface area contributed by atoms with E-state index in [1.54, 1.807) is 6.20 Å². The molecule has 3 rings (SSSR count). The third-order valence-electron chi connectivity index (χ3n) is 4.33. The summed E-state index contributed by atoms with van der Waals surface area (Å²) in [7, 11) is 0. The minimum absolute atomic E-state index is 0. The van der Waals surface area contributed by atoms with Crippen LogP contribution in [0.3, 0.4) is 0 Å². The lowest BCUT2D eigenvalue weighted by molar-refractivity contribution is -0.122. The average molecular weight is 413 g/mol. The number of carbonyl (C=O) groups is 1. The highest BCUT2D eigenvalue weighted by Gasteiger charge is 2.16. The van der Waals surface area contributed by atoms with E-state index in [2.05, 4.69) is 15.2 Å². The lowest BCUT2D eigenvalue weighted by atomic mass is 10.1. The van der Waals surface area contributed by atoms with Gasteiger partial charge in [-0.25, -0.2) is 4.98 Å². The molecule has 1 aliphatic heterocycles. The Bertz CT molecular complexity index is 705. The lowest BCUT2D eigenvalue weighted by Crippen LogP contribution is -2.36. The Hall–Kier alpha value is -1.86. The highest BCUT2D eigenvalue weighted by molar-refractivity contribution is 5.85. The van der Waals surface area contributed by atoms with Crippen LogP contribution in [0.15, 0.2) is 42.6 Å². The van der Waals surface area contributed by atoms with Crippen LogP contribution in [0.5, 0.6) is 0 Å². The molecule has 2 heterocycles. The van der Waals surface area contributed by atoms with Crippen molar-refractivity contribution in [2.24, 2.45) is 5.73 Å². The molecule has 1 atom stereocenters. The summed E-state index contributed by atoms with van der Waals surface area (Å²) in [6.45, 7) is 5.59. The predicted octanol–water partition coefficient (Wildman–Crippen LogP) is 2.39. The van der Waals surface area contributed by atoms with Crippen LogP contribution in [0.2, 0.25) is 0 Å². The van der Waals surface area contributed by atoms with Crippen molar-refractivity contribution < 1.29 is 9.53 Å². The molecule has 1 saturated heterocycles. The Morgan fingerprint density at radius 1 is 1.19 bits per heavy atom. The van der Waals surface area contributed by atoms with Crippen LogP contribution >= 0.6 is 24.8 Å². The van der Waals surface area contributed by atoms with Crippen LogP contribution in [0.1, 0.15) is 22.7 Å². The van der Waals surface area contributed by atoms with E-state index < -0.39 is 6.04 Å². The molecule has 1 unspecified atom stereocenters. The number of halogens is 2. The number of benzene rings is 1. The Labute approximate surface area is 172 Å². The second kappa shape index (κ2) is 11.1. The van der Waals surface area contributed by atoms with Gasteiger partial charge in [0.1, 0.15) is 11.9 Å². The molecule has 1 aliphatic rings. The van der Waals surface area contributed by atoms with Gasteiger partial charge in [0.25, 0.3) is 0 Å². The SMILES string of the molecule is Cc1ccc(C(N)C(=O)NCc2ccc(N3CCOCC3)nc2)cc1.Cl.Cl. The number of nitrogens with zero attached hydrogens (tertiary/aromatic N) is 2. The van der Waals surface area contributed by atoms with Crippen LogP contribution in [-0.2, 0) is 16.1 Å². The number of nitrogens with one attached hydrogen (secondary N) is 1. The number of hydrogen-bond acceptors (Lipinski definition) is 5. The van der Waals surface area contributed by atoms with Crippen molar-refractivity contribution in [3.8, 4) is 0 Å². The number of carbonyl (C=O) groups excluding carboxylic acids is 1. The minimum atomic E-state index is -0.666. The van der Waals surface area contributed by atoms with E-state index in [-0.39, 0.29) is 30.7 Å². The van der Waals surface area contributed by atoms with Crippen LogP contribution in [-0.4, -0.2) is 37.2 Å². The maximum atomic E-state index is 12.2. The smallest absolute Gasteiger partial charge is 0.241 e. The summed E-state index contributed by atoms with van der Waals surface area (Å²) >= 11 is 0. The van der Waals surface area contributed by atoms with Gasteiger partial charge in [0.05, 0.1) is 13.2 Å². The van der Waals surface area contributed by atoms with E-state index in [4.69, 9.17) is 10.5 Å². The molecule has 0 aliphatic carbocycles. The normalized spacial score (nSPS) is 14.5. The van der Waals surface area contributed by atoms with Crippen molar-refractivity contribution in [1.29, 1.82) is 0 Å². The van der Waals surface area contributed by atoms with Crippen LogP contribution in [0, 0.1) is 6.92 Å². The fraction of sp³-hybridized carbons (Fsp3) is 0.368. The van der Waals surface area contributed by atoms with Gasteiger partial charge in [-0.1, -0.05) is 35.9 Å². The number of aromatic nitrogens is 1. The maximum Gasteiger partial charge on any atom is 0.241 e. The monoisotopic (exact) mass is 412 g/mol. The summed E-state index contributed by atoms with van der Waals surface area (Å²) < 4.78 is 5.35. The van der Waals surface area contributed by atoms with Gasteiger partial charge in [0.15, 0.2) is 0 Å². The molecule has 0 saturated carbocycles. The average Bonchev–Trinajstić information content (AvgIpc) is 2.67. The first-order valence-corrected chi connectivity index (χ1v) is 8.51. The molecule has 1 amide bonds. The summed E-state index contributed by atoms with van der Waals surface area (Å²) in [5, 5.41) is 2.87. The number of morpholine rings is 1. The van der Waals surface area contributed by atoms with Crippen molar-refractivity contribution >= 4 is 36.5 Å². The molecule has 0 bridgehead atoms. The summed E-state index contributed by atoms with van der Waals surface area (Å²) in [6, 6.07) is 11.0. The zero-order valence-electron chi connectivity index (χ0n) is 15.3. The fourth-order valence-corrected chi connectivity index (χ4v) is 2.73. The van der Waals surface area contributed by atoms with Crippen molar-refractivity contribution in [3.63, 3.8) is 0 Å². The largest absolute Gasteiger partial charge is 0.378 e. The number of anilines is 1. The van der Waals surface area contributed by atoms with E-state index >= 15 is 0 Å². The molecule has 0 spiro atoms. The van der Waals surface area contributed by atoms with Crippen molar-refractivity contribution in [3.05, 3.63) is 59.3 Å². The standard InChI is InChI=1S/C19H24N4O2.2ClH/c1-14-2-5-16(6-3-14)18(20)19(24)22-13-15-4-7-17(21-12-15)23-8-10-25-11-9-23;;/h2-7,12,18H,8-11,13,20H2,1H3,(H,22,24);2*1H. The van der Waals surface area contributed by atoms with Gasteiger partial charge in [-0.2, -0.15) is 0 Å². The van der Waals surface area contributed by atoms with Crippen molar-refractivity contribution in [2.75, 3.05) is 31.2 Å². The van der Waals surface area contributed by atoms with Gasteiger partial charge in [-0.15, -0.1) is 24.8 Å². The number of ether oxygens (including phenoxy) is 1. The second-order valence-electron chi connectivity index (χ2n) is 6.23. The third kappa shape index (κ3) is 6.36. The molecule has 8 heteroatoms.